The summed E-state index contributed by atoms with van der Waals surface area (Å²) in [7, 11) is 0. The van der Waals surface area contributed by atoms with Crippen LogP contribution in [0.4, 0.5) is 0 Å². The van der Waals surface area contributed by atoms with Crippen molar-refractivity contribution in [2.45, 2.75) is 26.3 Å². The van der Waals surface area contributed by atoms with E-state index in [0.29, 0.717) is 6.61 Å². The topological polar surface area (TPSA) is 35.2 Å². The fourth-order valence-electron chi connectivity index (χ4n) is 1.23. The molecular weight excluding hydrogens is 186 g/mol. The van der Waals surface area contributed by atoms with Crippen molar-refractivity contribution in [2.24, 2.45) is 5.73 Å². The van der Waals surface area contributed by atoms with E-state index in [9.17, 15) is 0 Å². The van der Waals surface area contributed by atoms with Gasteiger partial charge < -0.3 is 10.5 Å². The third-order valence-corrected chi connectivity index (χ3v) is 2.06. The Morgan fingerprint density at radius 3 is 2.93 bits per heavy atom. The Morgan fingerprint density at radius 2 is 2.27 bits per heavy atom. The van der Waals surface area contributed by atoms with Gasteiger partial charge in [-0.3, -0.25) is 0 Å². The molecular formula is C13H17NO. The van der Waals surface area contributed by atoms with E-state index in [2.05, 4.69) is 11.8 Å². The van der Waals surface area contributed by atoms with Gasteiger partial charge in [0, 0.05) is 12.5 Å². The lowest BCUT2D eigenvalue weighted by Crippen LogP contribution is -2.05. The average Bonchev–Trinajstić information content (AvgIpc) is 2.25. The summed E-state index contributed by atoms with van der Waals surface area (Å²) in [5.41, 5.74) is 6.87. The maximum absolute atomic E-state index is 5.78. The number of nitrogens with two attached hydrogens (primary N) is 1. The first kappa shape index (κ1) is 11.6. The van der Waals surface area contributed by atoms with Crippen molar-refractivity contribution in [3.05, 3.63) is 29.8 Å². The average molecular weight is 203 g/mol. The summed E-state index contributed by atoms with van der Waals surface area (Å²) in [6.45, 7) is 4.42. The van der Waals surface area contributed by atoms with Gasteiger partial charge in [-0.05, 0) is 31.5 Å². The highest BCUT2D eigenvalue weighted by atomic mass is 16.5. The van der Waals surface area contributed by atoms with Gasteiger partial charge in [0.05, 0.1) is 6.61 Å². The van der Waals surface area contributed by atoms with E-state index in [-0.39, 0.29) is 6.04 Å². The van der Waals surface area contributed by atoms with E-state index >= 15 is 0 Å². The number of benzene rings is 1. The Bertz CT molecular complexity index is 360. The standard InChI is InChI=1S/C13H17NO/c1-3-4-5-9-15-13-8-6-7-12(10-13)11(2)14/h6-8,10-11H,5,9,14H2,1-2H3/t11-/m0/s1. The molecule has 15 heavy (non-hydrogen) atoms. The summed E-state index contributed by atoms with van der Waals surface area (Å²) < 4.78 is 5.54. The molecule has 0 saturated carbocycles. The summed E-state index contributed by atoms with van der Waals surface area (Å²) in [6, 6.07) is 7.92. The zero-order valence-corrected chi connectivity index (χ0v) is 9.29. The van der Waals surface area contributed by atoms with Crippen molar-refractivity contribution in [2.75, 3.05) is 6.61 Å². The lowest BCUT2D eigenvalue weighted by molar-refractivity contribution is 0.326. The van der Waals surface area contributed by atoms with E-state index < -0.39 is 0 Å². The minimum Gasteiger partial charge on any atom is -0.493 e. The van der Waals surface area contributed by atoms with Gasteiger partial charge in [-0.25, -0.2) is 0 Å². The second-order valence-corrected chi connectivity index (χ2v) is 3.39. The molecule has 0 aliphatic rings. The highest BCUT2D eigenvalue weighted by molar-refractivity contribution is 5.30. The predicted octanol–water partition coefficient (Wildman–Crippen LogP) is 2.50. The minimum absolute atomic E-state index is 0.0454. The van der Waals surface area contributed by atoms with E-state index in [1.165, 1.54) is 0 Å². The summed E-state index contributed by atoms with van der Waals surface area (Å²) >= 11 is 0. The molecule has 2 nitrogen and oxygen atoms in total. The SMILES string of the molecule is CC#CCCOc1cccc([C@H](C)N)c1. The first-order valence-electron chi connectivity index (χ1n) is 5.12. The van der Waals surface area contributed by atoms with Crippen LogP contribution in [0.15, 0.2) is 24.3 Å². The Balaban J connectivity index is 2.53. The lowest BCUT2D eigenvalue weighted by atomic mass is 10.1. The summed E-state index contributed by atoms with van der Waals surface area (Å²) in [5.74, 6) is 6.65. The first-order chi connectivity index (χ1) is 7.24. The van der Waals surface area contributed by atoms with Crippen molar-refractivity contribution < 1.29 is 4.74 Å². The molecule has 1 aromatic carbocycles. The van der Waals surface area contributed by atoms with Crippen LogP contribution in [-0.2, 0) is 0 Å². The molecule has 0 aromatic heterocycles. The molecule has 0 aliphatic carbocycles. The summed E-state index contributed by atoms with van der Waals surface area (Å²) in [5, 5.41) is 0. The van der Waals surface area contributed by atoms with Crippen LogP contribution in [0.3, 0.4) is 0 Å². The van der Waals surface area contributed by atoms with Gasteiger partial charge in [0.15, 0.2) is 0 Å². The molecule has 0 fully saturated rings. The predicted molar refractivity (Wildman–Crippen MR) is 62.6 cm³/mol. The summed E-state index contributed by atoms with van der Waals surface area (Å²) in [4.78, 5) is 0. The second-order valence-electron chi connectivity index (χ2n) is 3.39. The smallest absolute Gasteiger partial charge is 0.119 e. The quantitative estimate of drug-likeness (QED) is 0.602. The van der Waals surface area contributed by atoms with Crippen LogP contribution in [0, 0.1) is 11.8 Å². The Kier molecular flexibility index (Phi) is 4.73. The van der Waals surface area contributed by atoms with Gasteiger partial charge in [0.1, 0.15) is 5.75 Å². The van der Waals surface area contributed by atoms with Crippen LogP contribution in [0.2, 0.25) is 0 Å². The van der Waals surface area contributed by atoms with E-state index in [1.807, 2.05) is 38.1 Å². The highest BCUT2D eigenvalue weighted by Gasteiger charge is 2.00. The molecule has 0 amide bonds. The van der Waals surface area contributed by atoms with Crippen molar-refractivity contribution in [1.29, 1.82) is 0 Å². The molecule has 0 unspecified atom stereocenters. The maximum atomic E-state index is 5.78. The van der Waals surface area contributed by atoms with E-state index in [1.54, 1.807) is 0 Å². The number of rotatable bonds is 4. The fourth-order valence-corrected chi connectivity index (χ4v) is 1.23. The fraction of sp³-hybridized carbons (Fsp3) is 0.385. The molecule has 2 N–H and O–H groups in total. The molecule has 1 atom stereocenters. The van der Waals surface area contributed by atoms with Crippen LogP contribution in [0.1, 0.15) is 31.9 Å². The van der Waals surface area contributed by atoms with Crippen molar-refractivity contribution in [3.63, 3.8) is 0 Å². The molecule has 2 heteroatoms. The van der Waals surface area contributed by atoms with Crippen molar-refractivity contribution in [1.82, 2.24) is 0 Å². The third kappa shape index (κ3) is 4.05. The van der Waals surface area contributed by atoms with Gasteiger partial charge in [-0.1, -0.05) is 12.1 Å². The highest BCUT2D eigenvalue weighted by Crippen LogP contribution is 2.17. The van der Waals surface area contributed by atoms with Crippen LogP contribution in [0.5, 0.6) is 5.75 Å². The second kappa shape index (κ2) is 6.10. The molecule has 0 heterocycles. The molecule has 1 rings (SSSR count). The maximum Gasteiger partial charge on any atom is 0.119 e. The number of hydrogen-bond acceptors (Lipinski definition) is 2. The zero-order valence-electron chi connectivity index (χ0n) is 9.29. The number of hydrogen-bond donors (Lipinski definition) is 1. The number of ether oxygens (including phenoxy) is 1. The van der Waals surface area contributed by atoms with Crippen LogP contribution in [-0.4, -0.2) is 6.61 Å². The molecule has 80 valence electrons. The van der Waals surface area contributed by atoms with E-state index in [4.69, 9.17) is 10.5 Å². The van der Waals surface area contributed by atoms with Gasteiger partial charge in [-0.15, -0.1) is 11.8 Å². The normalized spacial score (nSPS) is 11.4. The first-order valence-corrected chi connectivity index (χ1v) is 5.12. The monoisotopic (exact) mass is 203 g/mol. The van der Waals surface area contributed by atoms with Crippen LogP contribution in [0.25, 0.3) is 0 Å². The Labute approximate surface area is 91.4 Å². The van der Waals surface area contributed by atoms with Gasteiger partial charge >= 0.3 is 0 Å². The van der Waals surface area contributed by atoms with Gasteiger partial charge in [0.2, 0.25) is 0 Å². The molecule has 1 aromatic rings. The molecule has 0 radical (unpaired) electrons. The largest absolute Gasteiger partial charge is 0.493 e. The summed E-state index contributed by atoms with van der Waals surface area (Å²) in [6.07, 6.45) is 0.763. The molecule has 0 saturated heterocycles. The Hall–Kier alpha value is -1.46. The van der Waals surface area contributed by atoms with Crippen LogP contribution < -0.4 is 10.5 Å². The molecule has 0 aliphatic heterocycles. The minimum atomic E-state index is 0.0454. The van der Waals surface area contributed by atoms with Crippen molar-refractivity contribution in [3.8, 4) is 17.6 Å². The molecule has 0 bridgehead atoms. The van der Waals surface area contributed by atoms with Crippen molar-refractivity contribution >= 4 is 0 Å². The van der Waals surface area contributed by atoms with E-state index in [0.717, 1.165) is 17.7 Å². The Morgan fingerprint density at radius 1 is 1.47 bits per heavy atom. The van der Waals surface area contributed by atoms with Crippen LogP contribution >= 0.6 is 0 Å². The lowest BCUT2D eigenvalue weighted by Gasteiger charge is -2.08. The van der Waals surface area contributed by atoms with Gasteiger partial charge in [0.25, 0.3) is 0 Å². The van der Waals surface area contributed by atoms with Gasteiger partial charge in [-0.2, -0.15) is 0 Å². The third-order valence-electron chi connectivity index (χ3n) is 2.06. The zero-order chi connectivity index (χ0) is 11.1. The molecule has 0 spiro atoms.